The number of pyridine rings is 1. The number of hydrogen-bond donors (Lipinski definition) is 1. The smallest absolute Gasteiger partial charge is 0.339 e. The van der Waals surface area contributed by atoms with Gasteiger partial charge in [0.2, 0.25) is 5.95 Å². The summed E-state index contributed by atoms with van der Waals surface area (Å²) < 4.78 is 21.2. The van der Waals surface area contributed by atoms with E-state index in [2.05, 4.69) is 4.98 Å². The molecule has 1 aliphatic rings. The Morgan fingerprint density at radius 2 is 2.36 bits per heavy atom. The van der Waals surface area contributed by atoms with Crippen LogP contribution in [0.25, 0.3) is 11.3 Å². The minimum Gasteiger partial charge on any atom is -0.478 e. The van der Waals surface area contributed by atoms with Gasteiger partial charge in [-0.15, -0.1) is 0 Å². The summed E-state index contributed by atoms with van der Waals surface area (Å²) in [5.41, 5.74) is 1.01. The van der Waals surface area contributed by atoms with E-state index in [0.717, 1.165) is 6.42 Å². The monoisotopic (exact) mass is 324 g/mol. The van der Waals surface area contributed by atoms with Gasteiger partial charge in [0.15, 0.2) is 0 Å². The first-order valence-electron chi connectivity index (χ1n) is 6.85. The molecule has 7 heteroatoms. The number of nitrogens with zero attached hydrogens (tertiary/aromatic N) is 2. The van der Waals surface area contributed by atoms with Gasteiger partial charge in [0.05, 0.1) is 28.1 Å². The van der Waals surface area contributed by atoms with Crippen LogP contribution in [0.3, 0.4) is 0 Å². The summed E-state index contributed by atoms with van der Waals surface area (Å²) in [6.45, 7) is 0.561. The van der Waals surface area contributed by atoms with E-state index in [4.69, 9.17) is 16.3 Å². The number of rotatable bonds is 3. The maximum atomic E-state index is 14.1. The zero-order chi connectivity index (χ0) is 15.9. The molecule has 3 rings (SSSR count). The maximum absolute atomic E-state index is 14.1. The summed E-state index contributed by atoms with van der Waals surface area (Å²) >= 11 is 6.29. The number of methoxy groups -OCH3 is 1. The second kappa shape index (κ2) is 5.70. The Balaban J connectivity index is 2.33. The van der Waals surface area contributed by atoms with Crippen molar-refractivity contribution >= 4 is 17.6 Å². The summed E-state index contributed by atoms with van der Waals surface area (Å²) in [6, 6.07) is 3.13. The van der Waals surface area contributed by atoms with Crippen LogP contribution in [0.4, 0.5) is 4.39 Å². The molecule has 5 nitrogen and oxygen atoms in total. The standard InChI is InChI=1S/C15H14ClFN2O3/c1-22-9-5-3-7-19-12(8-4-2-6-18-14(8)17)11(16)10(13(9)19)15(20)21/h2,4,6,9H,3,5,7H2,1H3,(H,20,21). The molecule has 0 saturated heterocycles. The summed E-state index contributed by atoms with van der Waals surface area (Å²) in [7, 11) is 1.52. The van der Waals surface area contributed by atoms with E-state index in [1.54, 1.807) is 16.7 Å². The van der Waals surface area contributed by atoms with Crippen molar-refractivity contribution in [1.82, 2.24) is 9.55 Å². The van der Waals surface area contributed by atoms with Crippen LogP contribution in [0.1, 0.15) is 35.0 Å². The highest BCUT2D eigenvalue weighted by Crippen LogP contribution is 2.43. The van der Waals surface area contributed by atoms with Gasteiger partial charge in [-0.25, -0.2) is 9.78 Å². The number of carboxylic acid groups (broad SMARTS) is 1. The van der Waals surface area contributed by atoms with Crippen molar-refractivity contribution in [1.29, 1.82) is 0 Å². The Labute approximate surface area is 131 Å². The summed E-state index contributed by atoms with van der Waals surface area (Å²) in [6.07, 6.45) is 2.46. The lowest BCUT2D eigenvalue weighted by molar-refractivity contribution is 0.0634. The second-order valence-electron chi connectivity index (χ2n) is 5.09. The quantitative estimate of drug-likeness (QED) is 0.877. The summed E-state index contributed by atoms with van der Waals surface area (Å²) in [4.78, 5) is 15.2. The molecule has 0 saturated carbocycles. The lowest BCUT2D eigenvalue weighted by Crippen LogP contribution is -2.19. The molecule has 22 heavy (non-hydrogen) atoms. The number of aromatic carboxylic acids is 1. The van der Waals surface area contributed by atoms with Gasteiger partial charge in [0, 0.05) is 19.9 Å². The van der Waals surface area contributed by atoms with Crippen molar-refractivity contribution in [3.8, 4) is 11.3 Å². The maximum Gasteiger partial charge on any atom is 0.339 e. The Bertz CT molecular complexity index is 745. The first kappa shape index (κ1) is 15.0. The molecule has 3 heterocycles. The molecule has 1 unspecified atom stereocenters. The molecule has 0 aliphatic carbocycles. The highest BCUT2D eigenvalue weighted by atomic mass is 35.5. The van der Waals surface area contributed by atoms with Crippen molar-refractivity contribution in [3.05, 3.63) is 40.6 Å². The largest absolute Gasteiger partial charge is 0.478 e. The summed E-state index contributed by atoms with van der Waals surface area (Å²) in [5, 5.41) is 9.53. The number of fused-ring (bicyclic) bond motifs is 1. The topological polar surface area (TPSA) is 64.4 Å². The molecule has 0 spiro atoms. The van der Waals surface area contributed by atoms with Crippen molar-refractivity contribution in [2.24, 2.45) is 0 Å². The van der Waals surface area contributed by atoms with E-state index in [0.29, 0.717) is 24.4 Å². The number of carbonyl (C=O) groups is 1. The zero-order valence-corrected chi connectivity index (χ0v) is 12.6. The van der Waals surface area contributed by atoms with E-state index < -0.39 is 11.9 Å². The predicted molar refractivity (Wildman–Crippen MR) is 78.6 cm³/mol. The fourth-order valence-electron chi connectivity index (χ4n) is 3.00. The number of aromatic nitrogens is 2. The second-order valence-corrected chi connectivity index (χ2v) is 5.47. The fourth-order valence-corrected chi connectivity index (χ4v) is 3.38. The van der Waals surface area contributed by atoms with Crippen LogP contribution in [0.15, 0.2) is 18.3 Å². The van der Waals surface area contributed by atoms with E-state index in [-0.39, 0.29) is 22.3 Å². The highest BCUT2D eigenvalue weighted by molar-refractivity contribution is 6.36. The van der Waals surface area contributed by atoms with Crippen molar-refractivity contribution < 1.29 is 19.0 Å². The first-order valence-corrected chi connectivity index (χ1v) is 7.23. The molecule has 0 fully saturated rings. The van der Waals surface area contributed by atoms with Crippen LogP contribution >= 0.6 is 11.6 Å². The SMILES string of the molecule is COC1CCCn2c(-c3cccnc3F)c(Cl)c(C(=O)O)c21. The molecule has 0 aromatic carbocycles. The van der Waals surface area contributed by atoms with Gasteiger partial charge in [0.25, 0.3) is 0 Å². The Hall–Kier alpha value is -1.92. The molecular formula is C15H14ClFN2O3. The molecular weight excluding hydrogens is 311 g/mol. The molecule has 2 aromatic rings. The van der Waals surface area contributed by atoms with Gasteiger partial charge in [-0.2, -0.15) is 4.39 Å². The van der Waals surface area contributed by atoms with Crippen LogP contribution in [-0.4, -0.2) is 27.7 Å². The van der Waals surface area contributed by atoms with Crippen LogP contribution in [0.5, 0.6) is 0 Å². The lowest BCUT2D eigenvalue weighted by atomic mass is 10.0. The molecule has 116 valence electrons. The Kier molecular flexibility index (Phi) is 3.88. The fraction of sp³-hybridized carbons (Fsp3) is 0.333. The minimum absolute atomic E-state index is 0.0218. The van der Waals surface area contributed by atoms with Gasteiger partial charge in [-0.1, -0.05) is 11.6 Å². The van der Waals surface area contributed by atoms with E-state index in [1.807, 2.05) is 0 Å². The first-order chi connectivity index (χ1) is 10.6. The van der Waals surface area contributed by atoms with E-state index in [1.165, 1.54) is 13.3 Å². The van der Waals surface area contributed by atoms with Gasteiger partial charge in [-0.3, -0.25) is 0 Å². The third-order valence-corrected chi connectivity index (χ3v) is 4.28. The third kappa shape index (κ3) is 2.19. The van der Waals surface area contributed by atoms with Gasteiger partial charge in [-0.05, 0) is 25.0 Å². The van der Waals surface area contributed by atoms with E-state index in [9.17, 15) is 14.3 Å². The number of carboxylic acids is 1. The Morgan fingerprint density at radius 3 is 3.00 bits per heavy atom. The average Bonchev–Trinajstić information content (AvgIpc) is 2.80. The number of ether oxygens (including phenoxy) is 1. The molecule has 1 atom stereocenters. The van der Waals surface area contributed by atoms with Gasteiger partial charge < -0.3 is 14.4 Å². The molecule has 0 amide bonds. The molecule has 2 aromatic heterocycles. The zero-order valence-electron chi connectivity index (χ0n) is 11.8. The molecule has 1 N–H and O–H groups in total. The molecule has 0 radical (unpaired) electrons. The number of halogens is 2. The van der Waals surface area contributed by atoms with Crippen LogP contribution in [0.2, 0.25) is 5.02 Å². The van der Waals surface area contributed by atoms with Crippen molar-refractivity contribution in [2.45, 2.75) is 25.5 Å². The Morgan fingerprint density at radius 1 is 1.59 bits per heavy atom. The van der Waals surface area contributed by atoms with Gasteiger partial charge >= 0.3 is 5.97 Å². The minimum atomic E-state index is -1.15. The van der Waals surface area contributed by atoms with E-state index >= 15 is 0 Å². The van der Waals surface area contributed by atoms with Crippen molar-refractivity contribution in [3.63, 3.8) is 0 Å². The third-order valence-electron chi connectivity index (χ3n) is 3.91. The van der Waals surface area contributed by atoms with Crippen LogP contribution in [0, 0.1) is 5.95 Å². The predicted octanol–water partition coefficient (Wildman–Crippen LogP) is 3.52. The van der Waals surface area contributed by atoms with Crippen LogP contribution in [-0.2, 0) is 11.3 Å². The van der Waals surface area contributed by atoms with Crippen LogP contribution < -0.4 is 0 Å². The summed E-state index contributed by atoms with van der Waals surface area (Å²) in [5.74, 6) is -1.82. The molecule has 1 aliphatic heterocycles. The normalized spacial score (nSPS) is 17.3. The number of hydrogen-bond acceptors (Lipinski definition) is 3. The highest BCUT2D eigenvalue weighted by Gasteiger charge is 2.34. The van der Waals surface area contributed by atoms with Crippen molar-refractivity contribution in [2.75, 3.05) is 7.11 Å². The van der Waals surface area contributed by atoms with Gasteiger partial charge in [0.1, 0.15) is 5.56 Å². The lowest BCUT2D eigenvalue weighted by Gasteiger charge is -2.25. The molecule has 0 bridgehead atoms. The average molecular weight is 325 g/mol.